The summed E-state index contributed by atoms with van der Waals surface area (Å²) in [6, 6.07) is 0. The van der Waals surface area contributed by atoms with Crippen molar-refractivity contribution in [2.75, 3.05) is 13.2 Å². The number of rotatable bonds is 50. The van der Waals surface area contributed by atoms with Crippen molar-refractivity contribution in [1.29, 1.82) is 0 Å². The lowest BCUT2D eigenvalue weighted by molar-refractivity contribution is -0.167. The lowest BCUT2D eigenvalue weighted by Crippen LogP contribution is -2.30. The number of hydrogen-bond donors (Lipinski definition) is 0. The Morgan fingerprint density at radius 1 is 0.311 bits per heavy atom. The van der Waals surface area contributed by atoms with Gasteiger partial charge in [-0.1, -0.05) is 251 Å². The maximum Gasteiger partial charge on any atom is 0.306 e. The molecule has 0 atom stereocenters. The van der Waals surface area contributed by atoms with E-state index in [1.165, 1.54) is 205 Å². The van der Waals surface area contributed by atoms with Gasteiger partial charge in [-0.05, 0) is 44.9 Å². The second-order valence-electron chi connectivity index (χ2n) is 18.5. The van der Waals surface area contributed by atoms with Crippen LogP contribution in [0.2, 0.25) is 0 Å². The van der Waals surface area contributed by atoms with Crippen molar-refractivity contribution < 1.29 is 28.6 Å². The molecule has 0 aromatic carbocycles. The highest BCUT2D eigenvalue weighted by atomic mass is 16.6. The first kappa shape index (κ1) is 59.1. The van der Waals surface area contributed by atoms with Crippen molar-refractivity contribution in [1.82, 2.24) is 0 Å². The van der Waals surface area contributed by atoms with Crippen LogP contribution in [-0.4, -0.2) is 37.2 Å². The molecule has 6 nitrogen and oxygen atoms in total. The van der Waals surface area contributed by atoms with Crippen LogP contribution in [0.25, 0.3) is 0 Å². The zero-order valence-corrected chi connectivity index (χ0v) is 41.2. The summed E-state index contributed by atoms with van der Waals surface area (Å²) >= 11 is 0. The Morgan fingerprint density at radius 2 is 0.541 bits per heavy atom. The molecule has 0 amide bonds. The summed E-state index contributed by atoms with van der Waals surface area (Å²) in [6.45, 7) is 6.67. The molecule has 0 fully saturated rings. The average Bonchev–Trinajstić information content (AvgIpc) is 3.26. The largest absolute Gasteiger partial charge is 0.462 e. The maximum absolute atomic E-state index is 12.8. The van der Waals surface area contributed by atoms with Crippen LogP contribution in [0.1, 0.15) is 303 Å². The zero-order chi connectivity index (χ0) is 44.4. The molecule has 0 saturated heterocycles. The number of esters is 3. The number of allylic oxidation sites excluding steroid dienone is 2. The van der Waals surface area contributed by atoms with Gasteiger partial charge in [0.05, 0.1) is 0 Å². The molecule has 6 heteroatoms. The van der Waals surface area contributed by atoms with E-state index < -0.39 is 6.10 Å². The van der Waals surface area contributed by atoms with Gasteiger partial charge in [0.1, 0.15) is 13.2 Å². The van der Waals surface area contributed by atoms with Gasteiger partial charge in [0.25, 0.3) is 0 Å². The van der Waals surface area contributed by atoms with Gasteiger partial charge in [-0.25, -0.2) is 0 Å². The first-order valence-electron chi connectivity index (χ1n) is 27.2. The summed E-state index contributed by atoms with van der Waals surface area (Å²) in [7, 11) is 0. The van der Waals surface area contributed by atoms with Gasteiger partial charge < -0.3 is 14.2 Å². The Labute approximate surface area is 380 Å². The molecule has 360 valence electrons. The lowest BCUT2D eigenvalue weighted by Gasteiger charge is -2.18. The van der Waals surface area contributed by atoms with E-state index >= 15 is 0 Å². The van der Waals surface area contributed by atoms with E-state index in [1.807, 2.05) is 0 Å². The lowest BCUT2D eigenvalue weighted by atomic mass is 10.0. The van der Waals surface area contributed by atoms with Crippen LogP contribution in [0.5, 0.6) is 0 Å². The Hall–Kier alpha value is -1.85. The fourth-order valence-corrected chi connectivity index (χ4v) is 8.14. The molecule has 0 spiro atoms. The van der Waals surface area contributed by atoms with Crippen molar-refractivity contribution >= 4 is 17.9 Å². The number of ether oxygens (including phenoxy) is 3. The van der Waals surface area contributed by atoms with E-state index in [9.17, 15) is 14.4 Å². The van der Waals surface area contributed by atoms with Crippen LogP contribution >= 0.6 is 0 Å². The predicted molar refractivity (Wildman–Crippen MR) is 261 cm³/mol. The number of hydrogen-bond acceptors (Lipinski definition) is 6. The van der Waals surface area contributed by atoms with Crippen molar-refractivity contribution in [3.63, 3.8) is 0 Å². The molecule has 0 rings (SSSR count). The predicted octanol–water partition coefficient (Wildman–Crippen LogP) is 17.8. The van der Waals surface area contributed by atoms with Crippen LogP contribution in [0, 0.1) is 0 Å². The van der Waals surface area contributed by atoms with Crippen molar-refractivity contribution in [3.05, 3.63) is 12.2 Å². The summed E-state index contributed by atoms with van der Waals surface area (Å²) in [4.78, 5) is 38.0. The van der Waals surface area contributed by atoms with Crippen LogP contribution < -0.4 is 0 Å². The number of unbranched alkanes of at least 4 members (excludes halogenated alkanes) is 37. The van der Waals surface area contributed by atoms with Gasteiger partial charge in [-0.2, -0.15) is 0 Å². The SMILES string of the molecule is CCCCCCCC/C=C\CCCCCCCCCC(=O)OC(COC(=O)CCCCCCCCCCCCCCC)COC(=O)CCCCCCCCCCCCCCC. The molecular weight excluding hydrogens is 757 g/mol. The Balaban J connectivity index is 4.32. The van der Waals surface area contributed by atoms with Crippen LogP contribution in [-0.2, 0) is 28.6 Å². The monoisotopic (exact) mass is 861 g/mol. The van der Waals surface area contributed by atoms with Gasteiger partial charge in [0, 0.05) is 19.3 Å². The fraction of sp³-hybridized carbons (Fsp3) is 0.909. The minimum Gasteiger partial charge on any atom is -0.462 e. The smallest absolute Gasteiger partial charge is 0.306 e. The Kier molecular flexibility index (Phi) is 49.3. The fourth-order valence-electron chi connectivity index (χ4n) is 8.14. The van der Waals surface area contributed by atoms with Gasteiger partial charge in [0.2, 0.25) is 0 Å². The molecule has 0 aliphatic heterocycles. The molecule has 0 aromatic heterocycles. The van der Waals surface area contributed by atoms with Crippen molar-refractivity contribution in [3.8, 4) is 0 Å². The minimum absolute atomic E-state index is 0.0662. The van der Waals surface area contributed by atoms with Crippen molar-refractivity contribution in [2.45, 2.75) is 309 Å². The van der Waals surface area contributed by atoms with E-state index in [2.05, 4.69) is 32.9 Å². The van der Waals surface area contributed by atoms with E-state index in [-0.39, 0.29) is 31.1 Å². The summed E-state index contributed by atoms with van der Waals surface area (Å²) in [5.74, 6) is -0.851. The Bertz CT molecular complexity index is 901. The van der Waals surface area contributed by atoms with Gasteiger partial charge in [-0.3, -0.25) is 14.4 Å². The molecule has 0 aliphatic rings. The molecule has 0 radical (unpaired) electrons. The molecule has 61 heavy (non-hydrogen) atoms. The van der Waals surface area contributed by atoms with Gasteiger partial charge >= 0.3 is 17.9 Å². The van der Waals surface area contributed by atoms with Crippen LogP contribution in [0.15, 0.2) is 12.2 Å². The topological polar surface area (TPSA) is 78.9 Å². The van der Waals surface area contributed by atoms with Crippen LogP contribution in [0.4, 0.5) is 0 Å². The third-order valence-corrected chi connectivity index (χ3v) is 12.3. The molecule has 0 aliphatic carbocycles. The first-order chi connectivity index (χ1) is 30.0. The molecular formula is C55H104O6. The minimum atomic E-state index is -0.765. The van der Waals surface area contributed by atoms with Gasteiger partial charge in [0.15, 0.2) is 6.10 Å². The first-order valence-corrected chi connectivity index (χ1v) is 27.2. The summed E-state index contributed by atoms with van der Waals surface area (Å²) < 4.78 is 16.8. The summed E-state index contributed by atoms with van der Waals surface area (Å²) in [6.07, 6.45) is 56.2. The second kappa shape index (κ2) is 50.8. The standard InChI is InChI=1S/C55H104O6/c1-4-7-10-13-16-19-22-25-26-27-28-31-34-37-40-43-46-49-55(58)61-52(50-59-53(56)47-44-41-38-35-32-29-23-20-17-14-11-8-5-2)51-60-54(57)48-45-42-39-36-33-30-24-21-18-15-12-9-6-3/h25-26,52H,4-24,27-51H2,1-3H3/b26-25-. The molecule has 0 heterocycles. The molecule has 0 aromatic rings. The summed E-state index contributed by atoms with van der Waals surface area (Å²) in [5.41, 5.74) is 0. The molecule has 0 saturated carbocycles. The highest BCUT2D eigenvalue weighted by Gasteiger charge is 2.19. The normalized spacial score (nSPS) is 11.5. The van der Waals surface area contributed by atoms with E-state index in [0.29, 0.717) is 19.3 Å². The number of carbonyl (C=O) groups is 3. The van der Waals surface area contributed by atoms with Gasteiger partial charge in [-0.15, -0.1) is 0 Å². The third kappa shape index (κ3) is 49.0. The van der Waals surface area contributed by atoms with Crippen LogP contribution in [0.3, 0.4) is 0 Å². The average molecular weight is 861 g/mol. The van der Waals surface area contributed by atoms with E-state index in [0.717, 1.165) is 57.8 Å². The highest BCUT2D eigenvalue weighted by Crippen LogP contribution is 2.16. The highest BCUT2D eigenvalue weighted by molar-refractivity contribution is 5.71. The zero-order valence-electron chi connectivity index (χ0n) is 41.2. The number of carbonyl (C=O) groups excluding carboxylic acids is 3. The molecule has 0 bridgehead atoms. The maximum atomic E-state index is 12.8. The van der Waals surface area contributed by atoms with E-state index in [4.69, 9.17) is 14.2 Å². The van der Waals surface area contributed by atoms with E-state index in [1.54, 1.807) is 0 Å². The second-order valence-corrected chi connectivity index (χ2v) is 18.5. The Morgan fingerprint density at radius 3 is 0.820 bits per heavy atom. The van der Waals surface area contributed by atoms with Crippen molar-refractivity contribution in [2.24, 2.45) is 0 Å². The third-order valence-electron chi connectivity index (χ3n) is 12.3. The summed E-state index contributed by atoms with van der Waals surface area (Å²) in [5, 5.41) is 0. The molecule has 0 unspecified atom stereocenters. The quantitative estimate of drug-likeness (QED) is 0.0262. The molecule has 0 N–H and O–H groups in total.